The van der Waals surface area contributed by atoms with Crippen LogP contribution in [0.3, 0.4) is 0 Å². The van der Waals surface area contributed by atoms with Crippen LogP contribution in [0.2, 0.25) is 17.3 Å². The molecule has 0 spiro atoms. The summed E-state index contributed by atoms with van der Waals surface area (Å²) in [5.41, 5.74) is 5.53. The molecule has 0 saturated heterocycles. The van der Waals surface area contributed by atoms with Gasteiger partial charge in [-0.05, 0) is 19.4 Å². The molecule has 0 bridgehead atoms. The number of aliphatic hydroxyl groups is 1. The first-order valence-corrected chi connectivity index (χ1v) is 23.6. The molecule has 3 heterocycles. The van der Waals surface area contributed by atoms with Crippen LogP contribution in [0.1, 0.15) is 59.2 Å². The normalized spacial score (nSPS) is 12.7. The summed E-state index contributed by atoms with van der Waals surface area (Å²) in [6.07, 6.45) is 3.80. The van der Waals surface area contributed by atoms with Crippen LogP contribution in [0.25, 0.3) is 55.0 Å². The van der Waals surface area contributed by atoms with E-state index in [0.717, 1.165) is 50.6 Å². The molecule has 48 heavy (non-hydrogen) atoms. The first-order chi connectivity index (χ1) is 21.9. The Balaban J connectivity index is 0.000000297. The van der Waals surface area contributed by atoms with E-state index in [-0.39, 0.29) is 42.5 Å². The molecule has 8 heteroatoms. The molecule has 3 aromatic heterocycles. The fourth-order valence-electron chi connectivity index (χ4n) is 5.43. The van der Waals surface area contributed by atoms with Crippen LogP contribution in [0.4, 0.5) is 0 Å². The van der Waals surface area contributed by atoms with Gasteiger partial charge in [-0.1, -0.05) is 41.5 Å². The Morgan fingerprint density at radius 2 is 1.65 bits per heavy atom. The minimum Gasteiger partial charge on any atom is 0 e. The molecule has 0 aliphatic heterocycles. The summed E-state index contributed by atoms with van der Waals surface area (Å²) in [6, 6.07) is 20.5. The number of aliphatic hydroxyl groups excluding tert-OH is 1. The molecule has 6 rings (SSSR count). The minimum absolute atomic E-state index is 0. The van der Waals surface area contributed by atoms with Crippen molar-refractivity contribution in [1.82, 2.24) is 15.0 Å². The third-order valence-electron chi connectivity index (χ3n) is 9.04. The van der Waals surface area contributed by atoms with Crippen molar-refractivity contribution in [2.45, 2.75) is 79.1 Å². The fraction of sp³-hybridized carbons (Fsp3) is 0.350. The van der Waals surface area contributed by atoms with E-state index in [9.17, 15) is 9.90 Å². The second kappa shape index (κ2) is 13.9. The molecular weight excluding hydrogens is 835 g/mol. The van der Waals surface area contributed by atoms with E-state index >= 15 is 0 Å². The van der Waals surface area contributed by atoms with E-state index in [4.69, 9.17) is 14.4 Å². The Morgan fingerprint density at radius 3 is 2.29 bits per heavy atom. The first-order valence-electron chi connectivity index (χ1n) is 16.3. The topological polar surface area (TPSA) is 89.1 Å². The van der Waals surface area contributed by atoms with Gasteiger partial charge >= 0.3 is 177 Å². The van der Waals surface area contributed by atoms with Crippen molar-refractivity contribution in [2.75, 3.05) is 0 Å². The molecule has 0 aliphatic carbocycles. The Kier molecular flexibility index (Phi) is 10.8. The number of allylic oxidation sites excluding steroid dienone is 2. The van der Waals surface area contributed by atoms with Crippen molar-refractivity contribution in [3.63, 3.8) is 0 Å². The summed E-state index contributed by atoms with van der Waals surface area (Å²) in [5.74, 6) is 7.45. The predicted octanol–water partition coefficient (Wildman–Crippen LogP) is 10.2. The summed E-state index contributed by atoms with van der Waals surface area (Å²) in [5, 5.41) is 15.1. The van der Waals surface area contributed by atoms with E-state index in [0.29, 0.717) is 5.71 Å². The quantitative estimate of drug-likeness (QED) is 0.0610. The zero-order chi connectivity index (χ0) is 34.5. The number of ketones is 1. The van der Waals surface area contributed by atoms with Crippen LogP contribution in [0.15, 0.2) is 71.1 Å². The number of hydrogen-bond acceptors (Lipinski definition) is 6. The number of benzene rings is 3. The number of rotatable bonds is 5. The molecule has 0 saturated carbocycles. The molecule has 0 aliphatic rings. The van der Waals surface area contributed by atoms with E-state index in [1.54, 1.807) is 6.33 Å². The van der Waals surface area contributed by atoms with Gasteiger partial charge in [0, 0.05) is 42.7 Å². The van der Waals surface area contributed by atoms with Crippen LogP contribution < -0.4 is 4.40 Å². The van der Waals surface area contributed by atoms with Gasteiger partial charge in [-0.2, -0.15) is 0 Å². The van der Waals surface area contributed by atoms with Crippen LogP contribution in [0.5, 0.6) is 0 Å². The Morgan fingerprint density at radius 1 is 0.958 bits per heavy atom. The van der Waals surface area contributed by atoms with Crippen LogP contribution in [-0.4, -0.2) is 39.1 Å². The van der Waals surface area contributed by atoms with Crippen molar-refractivity contribution in [2.24, 2.45) is 10.8 Å². The number of furan rings is 1. The number of fused-ring (bicyclic) bond motifs is 6. The number of aromatic nitrogens is 3. The summed E-state index contributed by atoms with van der Waals surface area (Å²) in [6.45, 7) is 15.6. The molecule has 6 aromatic rings. The van der Waals surface area contributed by atoms with E-state index in [1.807, 2.05) is 66.7 Å². The maximum absolute atomic E-state index is 11.7. The molecule has 0 fully saturated rings. The third-order valence-corrected chi connectivity index (χ3v) is 13.3. The maximum Gasteiger partial charge on any atom is 0 e. The molecule has 3 aromatic carbocycles. The number of pyridine rings is 1. The van der Waals surface area contributed by atoms with Gasteiger partial charge in [0.1, 0.15) is 5.76 Å². The molecule has 0 unspecified atom stereocenters. The van der Waals surface area contributed by atoms with Crippen molar-refractivity contribution in [1.29, 1.82) is 0 Å². The summed E-state index contributed by atoms with van der Waals surface area (Å²) in [4.78, 5) is 25.7. The fourth-order valence-corrected chi connectivity index (χ4v) is 8.03. The van der Waals surface area contributed by atoms with Gasteiger partial charge in [0.2, 0.25) is 0 Å². The van der Waals surface area contributed by atoms with Gasteiger partial charge in [-0.15, -0.1) is 0 Å². The third kappa shape index (κ3) is 7.44. The van der Waals surface area contributed by atoms with Crippen LogP contribution in [0, 0.1) is 30.7 Å². The Labute approximate surface area is 300 Å². The second-order valence-electron chi connectivity index (χ2n) is 15.2. The number of aryl methyl sites for hydroxylation is 2. The van der Waals surface area contributed by atoms with E-state index < -0.39 is 13.3 Å². The Bertz CT molecular complexity index is 2190. The SMILES string of the molecule is CCC(C)(C)C(=O)/C=C(\O)C(C)(C)C.Cc1ccc2c(n1)oc1c(-c3ncnc4c3ccc3c[c]([Ge]([CH3])([CH3])[CH3])cc(C)c34)[c-]ccc12.[Ir]. The van der Waals surface area contributed by atoms with Crippen LogP contribution >= 0.6 is 0 Å². The number of carbonyl (C=O) groups is 1. The molecular formula is C40H46GeIrN3O3-. The van der Waals surface area contributed by atoms with Crippen molar-refractivity contribution >= 4 is 67.2 Å². The average Bonchev–Trinajstić information content (AvgIpc) is 3.37. The number of hydrogen-bond donors (Lipinski definition) is 1. The van der Waals surface area contributed by atoms with Crippen LogP contribution in [-0.2, 0) is 24.9 Å². The molecule has 0 atom stereocenters. The molecule has 1 radical (unpaired) electrons. The van der Waals surface area contributed by atoms with Gasteiger partial charge < -0.3 is 5.11 Å². The summed E-state index contributed by atoms with van der Waals surface area (Å²) in [7, 11) is 0. The minimum atomic E-state index is -1.95. The van der Waals surface area contributed by atoms with Gasteiger partial charge in [0.25, 0.3) is 0 Å². The summed E-state index contributed by atoms with van der Waals surface area (Å²) >= 11 is -1.95. The zero-order valence-electron chi connectivity index (χ0n) is 29.9. The smallest absolute Gasteiger partial charge is 0 e. The van der Waals surface area contributed by atoms with Crippen molar-refractivity contribution in [3.05, 3.63) is 84.0 Å². The summed E-state index contributed by atoms with van der Waals surface area (Å²) < 4.78 is 7.75. The van der Waals surface area contributed by atoms with Gasteiger partial charge in [0.15, 0.2) is 5.78 Å². The second-order valence-corrected chi connectivity index (χ2v) is 25.9. The molecule has 6 nitrogen and oxygen atoms in total. The molecule has 0 amide bonds. The predicted molar refractivity (Wildman–Crippen MR) is 198 cm³/mol. The average molecular weight is 882 g/mol. The van der Waals surface area contributed by atoms with Gasteiger partial charge in [-0.3, -0.25) is 4.79 Å². The van der Waals surface area contributed by atoms with E-state index in [2.05, 4.69) is 65.6 Å². The van der Waals surface area contributed by atoms with E-state index in [1.165, 1.54) is 26.8 Å². The first kappa shape index (κ1) is 37.4. The molecule has 253 valence electrons. The Hall–Kier alpha value is -3.39. The number of carbonyl (C=O) groups excluding carboxylic acids is 1. The number of nitrogens with zero attached hydrogens (tertiary/aromatic N) is 3. The van der Waals surface area contributed by atoms with Gasteiger partial charge in [-0.25, -0.2) is 0 Å². The largest absolute Gasteiger partial charge is 0 e. The van der Waals surface area contributed by atoms with Crippen molar-refractivity contribution < 1.29 is 34.4 Å². The molecule has 1 N–H and O–H groups in total. The monoisotopic (exact) mass is 883 g/mol. The van der Waals surface area contributed by atoms with Crippen molar-refractivity contribution in [3.8, 4) is 11.3 Å². The maximum atomic E-state index is 11.7. The standard InChI is InChI=1S/C28H24GeN3O.C12H22O2.Ir/c1-16-13-19(29(3,4)5)14-18-10-12-22-25(30-15-31-26(22)24(16)18)23-8-6-7-20-21-11-9-17(2)32-28(21)33-27(20)23;1-7-12(5,6)10(14)8-9(13)11(2,3)4;/h6-7,9-15H,1-5H3;8,13H,7H2,1-6H3;/q-1;;/b;9-8-;. The van der Waals surface area contributed by atoms with Gasteiger partial charge in [0.05, 0.1) is 0 Å². The zero-order valence-corrected chi connectivity index (χ0v) is 34.4.